The van der Waals surface area contributed by atoms with Gasteiger partial charge in [0.2, 0.25) is 0 Å². The quantitative estimate of drug-likeness (QED) is 0.633. The average Bonchev–Trinajstić information content (AvgIpc) is 2.78. The molecule has 88 valence electrons. The highest BCUT2D eigenvalue weighted by atomic mass is 35.5. The van der Waals surface area contributed by atoms with Crippen LogP contribution in [-0.2, 0) is 4.74 Å². The van der Waals surface area contributed by atoms with E-state index in [2.05, 4.69) is 5.43 Å². The van der Waals surface area contributed by atoms with Crippen LogP contribution in [0.3, 0.4) is 0 Å². The summed E-state index contributed by atoms with van der Waals surface area (Å²) in [6.45, 7) is 0.718. The third-order valence-corrected chi connectivity index (χ3v) is 3.15. The molecule has 1 heterocycles. The third kappa shape index (κ3) is 2.35. The fourth-order valence-corrected chi connectivity index (χ4v) is 2.25. The molecule has 0 amide bonds. The lowest BCUT2D eigenvalue weighted by molar-refractivity contribution is 0.0783. The van der Waals surface area contributed by atoms with Crippen molar-refractivity contribution in [3.63, 3.8) is 0 Å². The first kappa shape index (κ1) is 11.8. The van der Waals surface area contributed by atoms with E-state index in [1.165, 1.54) is 18.2 Å². The van der Waals surface area contributed by atoms with Gasteiger partial charge in [-0.05, 0) is 36.6 Å². The number of nitrogens with two attached hydrogens (primary N) is 1. The average molecular weight is 245 g/mol. The summed E-state index contributed by atoms with van der Waals surface area (Å²) in [4.78, 5) is 0. The molecule has 1 aliphatic rings. The summed E-state index contributed by atoms with van der Waals surface area (Å²) in [5.41, 5.74) is 3.30. The van der Waals surface area contributed by atoms with Crippen LogP contribution in [0.4, 0.5) is 4.39 Å². The lowest BCUT2D eigenvalue weighted by Crippen LogP contribution is -2.36. The molecule has 0 radical (unpaired) electrons. The van der Waals surface area contributed by atoms with Gasteiger partial charge in [0.25, 0.3) is 0 Å². The second-order valence-corrected chi connectivity index (χ2v) is 4.27. The van der Waals surface area contributed by atoms with E-state index in [-0.39, 0.29) is 18.0 Å². The van der Waals surface area contributed by atoms with Crippen LogP contribution in [0.25, 0.3) is 0 Å². The third-order valence-electron chi connectivity index (χ3n) is 2.81. The predicted octanol–water partition coefficient (Wildman–Crippen LogP) is 2.16. The van der Waals surface area contributed by atoms with Gasteiger partial charge in [-0.1, -0.05) is 11.6 Å². The molecular formula is C11H14ClFN2O. The Balaban J connectivity index is 2.28. The van der Waals surface area contributed by atoms with Crippen molar-refractivity contribution in [2.45, 2.75) is 25.0 Å². The number of halogens is 2. The minimum Gasteiger partial charge on any atom is -0.376 e. The molecule has 0 bridgehead atoms. The van der Waals surface area contributed by atoms with E-state index in [1.54, 1.807) is 0 Å². The molecule has 16 heavy (non-hydrogen) atoms. The van der Waals surface area contributed by atoms with Gasteiger partial charge in [-0.25, -0.2) is 4.39 Å². The highest BCUT2D eigenvalue weighted by Gasteiger charge is 2.28. The van der Waals surface area contributed by atoms with Crippen LogP contribution in [0.1, 0.15) is 24.4 Å². The van der Waals surface area contributed by atoms with Crippen molar-refractivity contribution < 1.29 is 9.13 Å². The van der Waals surface area contributed by atoms with Gasteiger partial charge in [-0.2, -0.15) is 0 Å². The first-order chi connectivity index (χ1) is 7.72. The number of hydrazine groups is 1. The Morgan fingerprint density at radius 3 is 3.00 bits per heavy atom. The molecule has 1 saturated heterocycles. The van der Waals surface area contributed by atoms with Crippen molar-refractivity contribution in [1.29, 1.82) is 0 Å². The number of hydrogen-bond acceptors (Lipinski definition) is 3. The lowest BCUT2D eigenvalue weighted by atomic mass is 10.00. The lowest BCUT2D eigenvalue weighted by Gasteiger charge is -2.23. The largest absolute Gasteiger partial charge is 0.376 e. The van der Waals surface area contributed by atoms with E-state index in [9.17, 15) is 4.39 Å². The summed E-state index contributed by atoms with van der Waals surface area (Å²) in [5.74, 6) is 5.17. The first-order valence-corrected chi connectivity index (χ1v) is 5.63. The van der Waals surface area contributed by atoms with E-state index in [1.807, 2.05) is 0 Å². The number of rotatable bonds is 3. The molecule has 0 aliphatic carbocycles. The Labute approximate surface area is 98.7 Å². The number of hydrogen-bond donors (Lipinski definition) is 2. The van der Waals surface area contributed by atoms with Crippen LogP contribution >= 0.6 is 11.6 Å². The Bertz CT molecular complexity index is 369. The van der Waals surface area contributed by atoms with Crippen molar-refractivity contribution in [2.24, 2.45) is 5.84 Å². The molecule has 3 nitrogen and oxygen atoms in total. The number of nitrogens with one attached hydrogen (secondary N) is 1. The van der Waals surface area contributed by atoms with E-state index in [4.69, 9.17) is 22.2 Å². The maximum Gasteiger partial charge on any atom is 0.123 e. The fourth-order valence-electron chi connectivity index (χ4n) is 2.02. The normalized spacial score (nSPS) is 22.3. The molecule has 1 aliphatic heterocycles. The van der Waals surface area contributed by atoms with Crippen LogP contribution in [0.5, 0.6) is 0 Å². The van der Waals surface area contributed by atoms with Crippen LogP contribution in [0.15, 0.2) is 18.2 Å². The predicted molar refractivity (Wildman–Crippen MR) is 60.4 cm³/mol. The monoisotopic (exact) mass is 244 g/mol. The highest BCUT2D eigenvalue weighted by molar-refractivity contribution is 6.31. The Morgan fingerprint density at radius 1 is 1.56 bits per heavy atom. The van der Waals surface area contributed by atoms with Gasteiger partial charge >= 0.3 is 0 Å². The standard InChI is InChI=1S/C11H14ClFN2O/c12-9-4-3-7(13)6-8(9)11(15-14)10-2-1-5-16-10/h3-4,6,10-11,15H,1-2,5,14H2. The number of benzene rings is 1. The molecule has 3 N–H and O–H groups in total. The molecule has 0 saturated carbocycles. The van der Waals surface area contributed by atoms with E-state index in [0.717, 1.165) is 19.4 Å². The summed E-state index contributed by atoms with van der Waals surface area (Å²) < 4.78 is 18.7. The van der Waals surface area contributed by atoms with Crippen molar-refractivity contribution >= 4 is 11.6 Å². The van der Waals surface area contributed by atoms with E-state index >= 15 is 0 Å². The van der Waals surface area contributed by atoms with Crippen molar-refractivity contribution in [2.75, 3.05) is 6.61 Å². The summed E-state index contributed by atoms with van der Waals surface area (Å²) in [6, 6.07) is 4.00. The zero-order valence-corrected chi connectivity index (χ0v) is 9.51. The van der Waals surface area contributed by atoms with Gasteiger partial charge in [0, 0.05) is 11.6 Å². The van der Waals surface area contributed by atoms with Gasteiger partial charge < -0.3 is 4.74 Å². The molecule has 1 aromatic rings. The summed E-state index contributed by atoms with van der Waals surface area (Å²) in [7, 11) is 0. The van der Waals surface area contributed by atoms with Crippen molar-refractivity contribution in [3.05, 3.63) is 34.6 Å². The SMILES string of the molecule is NNC(c1cc(F)ccc1Cl)C1CCCO1. The Morgan fingerprint density at radius 2 is 2.38 bits per heavy atom. The summed E-state index contributed by atoms with van der Waals surface area (Å²) >= 11 is 6.03. The molecule has 1 fully saturated rings. The molecule has 0 spiro atoms. The van der Waals surface area contributed by atoms with Crippen LogP contribution < -0.4 is 11.3 Å². The maximum absolute atomic E-state index is 13.2. The minimum atomic E-state index is -0.322. The second-order valence-electron chi connectivity index (χ2n) is 3.86. The van der Waals surface area contributed by atoms with Gasteiger partial charge in [0.05, 0.1) is 12.1 Å². The molecule has 0 aromatic heterocycles. The Hall–Kier alpha value is -0.680. The van der Waals surface area contributed by atoms with Crippen molar-refractivity contribution in [1.82, 2.24) is 5.43 Å². The first-order valence-electron chi connectivity index (χ1n) is 5.25. The van der Waals surface area contributed by atoms with Gasteiger partial charge in [-0.15, -0.1) is 0 Å². The second kappa shape index (κ2) is 5.10. The van der Waals surface area contributed by atoms with E-state index in [0.29, 0.717) is 10.6 Å². The molecule has 2 rings (SSSR count). The molecule has 5 heteroatoms. The minimum absolute atomic E-state index is 0.0377. The van der Waals surface area contributed by atoms with Gasteiger partial charge in [0.15, 0.2) is 0 Å². The highest BCUT2D eigenvalue weighted by Crippen LogP contribution is 2.31. The summed E-state index contributed by atoms with van der Waals surface area (Å²) in [5, 5.41) is 0.500. The smallest absolute Gasteiger partial charge is 0.123 e. The Kier molecular flexibility index (Phi) is 3.76. The van der Waals surface area contributed by atoms with Gasteiger partial charge in [-0.3, -0.25) is 11.3 Å². The molecule has 2 unspecified atom stereocenters. The topological polar surface area (TPSA) is 47.3 Å². The van der Waals surface area contributed by atoms with Crippen LogP contribution in [-0.4, -0.2) is 12.7 Å². The van der Waals surface area contributed by atoms with Gasteiger partial charge in [0.1, 0.15) is 5.82 Å². The van der Waals surface area contributed by atoms with Crippen LogP contribution in [0.2, 0.25) is 5.02 Å². The molecular weight excluding hydrogens is 231 g/mol. The molecule has 1 aromatic carbocycles. The zero-order chi connectivity index (χ0) is 11.5. The molecule has 2 atom stereocenters. The maximum atomic E-state index is 13.2. The summed E-state index contributed by atoms with van der Waals surface area (Å²) in [6.07, 6.45) is 1.86. The van der Waals surface area contributed by atoms with Crippen LogP contribution in [0, 0.1) is 5.82 Å². The van der Waals surface area contributed by atoms with Crippen molar-refractivity contribution in [3.8, 4) is 0 Å². The fraction of sp³-hybridized carbons (Fsp3) is 0.455. The zero-order valence-electron chi connectivity index (χ0n) is 8.75. The number of ether oxygens (including phenoxy) is 1. The van der Waals surface area contributed by atoms with E-state index < -0.39 is 0 Å².